The van der Waals surface area contributed by atoms with Gasteiger partial charge >= 0.3 is 0 Å². The summed E-state index contributed by atoms with van der Waals surface area (Å²) in [7, 11) is 0. The summed E-state index contributed by atoms with van der Waals surface area (Å²) in [6.45, 7) is 6.48. The monoisotopic (exact) mass is 168 g/mol. The summed E-state index contributed by atoms with van der Waals surface area (Å²) >= 11 is 0. The van der Waals surface area contributed by atoms with Gasteiger partial charge in [0.15, 0.2) is 0 Å². The second-order valence-corrected chi connectivity index (χ2v) is 3.53. The molecule has 0 amide bonds. The molecule has 0 aliphatic carbocycles. The summed E-state index contributed by atoms with van der Waals surface area (Å²) in [5, 5.41) is 0. The molecule has 12 heavy (non-hydrogen) atoms. The number of aldehydes is 1. The summed E-state index contributed by atoms with van der Waals surface area (Å²) in [6, 6.07) is 0. The molecule has 0 spiro atoms. The van der Waals surface area contributed by atoms with Gasteiger partial charge in [0.05, 0.1) is 0 Å². The van der Waals surface area contributed by atoms with E-state index in [2.05, 4.69) is 32.9 Å². The van der Waals surface area contributed by atoms with E-state index in [0.717, 1.165) is 6.29 Å². The standard InChI is InChI=1S/C11H20O/c1-4-5-10(2)6-7-11(3)8-9-12/h6-7,9-11H,4-5,8H2,1-3H3. The fourth-order valence-electron chi connectivity index (χ4n) is 1.16. The first kappa shape index (κ1) is 11.4. The van der Waals surface area contributed by atoms with E-state index in [4.69, 9.17) is 0 Å². The van der Waals surface area contributed by atoms with Gasteiger partial charge in [0.1, 0.15) is 6.29 Å². The van der Waals surface area contributed by atoms with Crippen LogP contribution in [0.5, 0.6) is 0 Å². The van der Waals surface area contributed by atoms with Crippen LogP contribution in [0.15, 0.2) is 12.2 Å². The molecule has 0 aromatic heterocycles. The van der Waals surface area contributed by atoms with Crippen molar-refractivity contribution in [2.24, 2.45) is 11.8 Å². The summed E-state index contributed by atoms with van der Waals surface area (Å²) in [4.78, 5) is 10.2. The Kier molecular flexibility index (Phi) is 6.73. The van der Waals surface area contributed by atoms with Gasteiger partial charge in [-0.2, -0.15) is 0 Å². The van der Waals surface area contributed by atoms with E-state index in [1.165, 1.54) is 12.8 Å². The molecule has 0 heterocycles. The number of hydrogen-bond acceptors (Lipinski definition) is 1. The molecule has 0 rings (SSSR count). The van der Waals surface area contributed by atoms with Crippen molar-refractivity contribution in [1.29, 1.82) is 0 Å². The minimum absolute atomic E-state index is 0.404. The third-order valence-corrected chi connectivity index (χ3v) is 1.98. The van der Waals surface area contributed by atoms with Gasteiger partial charge in [-0.1, -0.05) is 39.3 Å². The van der Waals surface area contributed by atoms with Crippen molar-refractivity contribution in [3.63, 3.8) is 0 Å². The smallest absolute Gasteiger partial charge is 0.120 e. The van der Waals surface area contributed by atoms with Crippen LogP contribution in [0.2, 0.25) is 0 Å². The van der Waals surface area contributed by atoms with E-state index in [-0.39, 0.29) is 0 Å². The average molecular weight is 168 g/mol. The van der Waals surface area contributed by atoms with Gasteiger partial charge in [0.25, 0.3) is 0 Å². The lowest BCUT2D eigenvalue weighted by Crippen LogP contribution is -1.93. The Hall–Kier alpha value is -0.590. The number of rotatable bonds is 6. The first-order chi connectivity index (χ1) is 5.70. The van der Waals surface area contributed by atoms with Gasteiger partial charge in [-0.05, 0) is 18.3 Å². The molecule has 0 N–H and O–H groups in total. The van der Waals surface area contributed by atoms with E-state index in [0.29, 0.717) is 18.3 Å². The molecule has 0 radical (unpaired) electrons. The lowest BCUT2D eigenvalue weighted by Gasteiger charge is -2.04. The summed E-state index contributed by atoms with van der Waals surface area (Å²) in [5.41, 5.74) is 0. The summed E-state index contributed by atoms with van der Waals surface area (Å²) in [5.74, 6) is 1.06. The topological polar surface area (TPSA) is 17.1 Å². The third kappa shape index (κ3) is 6.14. The largest absolute Gasteiger partial charge is 0.303 e. The van der Waals surface area contributed by atoms with Crippen molar-refractivity contribution >= 4 is 6.29 Å². The molecule has 0 fully saturated rings. The maximum absolute atomic E-state index is 10.2. The Morgan fingerprint density at radius 1 is 1.17 bits per heavy atom. The first-order valence-corrected chi connectivity index (χ1v) is 4.82. The van der Waals surface area contributed by atoms with Crippen LogP contribution >= 0.6 is 0 Å². The highest BCUT2D eigenvalue weighted by atomic mass is 16.1. The quantitative estimate of drug-likeness (QED) is 0.439. The van der Waals surface area contributed by atoms with Crippen LogP contribution in [0, 0.1) is 11.8 Å². The molecule has 2 unspecified atom stereocenters. The zero-order valence-electron chi connectivity index (χ0n) is 8.42. The van der Waals surface area contributed by atoms with Crippen molar-refractivity contribution < 1.29 is 4.79 Å². The van der Waals surface area contributed by atoms with Crippen molar-refractivity contribution in [3.8, 4) is 0 Å². The SMILES string of the molecule is CCCC(C)C=CC(C)CC=O. The molecule has 2 atom stereocenters. The summed E-state index contributed by atoms with van der Waals surface area (Å²) < 4.78 is 0. The molecule has 0 aliphatic rings. The molecule has 0 aromatic carbocycles. The van der Waals surface area contributed by atoms with Gasteiger partial charge in [-0.15, -0.1) is 0 Å². The minimum Gasteiger partial charge on any atom is -0.303 e. The molecule has 70 valence electrons. The van der Waals surface area contributed by atoms with Crippen LogP contribution in [0.4, 0.5) is 0 Å². The number of hydrogen-bond donors (Lipinski definition) is 0. The van der Waals surface area contributed by atoms with E-state index >= 15 is 0 Å². The van der Waals surface area contributed by atoms with E-state index in [1.54, 1.807) is 0 Å². The summed E-state index contributed by atoms with van der Waals surface area (Å²) in [6.07, 6.45) is 8.47. The van der Waals surface area contributed by atoms with Gasteiger partial charge < -0.3 is 4.79 Å². The molecule has 0 aliphatic heterocycles. The second-order valence-electron chi connectivity index (χ2n) is 3.53. The Morgan fingerprint density at radius 3 is 2.25 bits per heavy atom. The van der Waals surface area contributed by atoms with Crippen molar-refractivity contribution in [3.05, 3.63) is 12.2 Å². The van der Waals surface area contributed by atoms with Crippen LogP contribution in [-0.4, -0.2) is 6.29 Å². The zero-order chi connectivity index (χ0) is 9.40. The van der Waals surface area contributed by atoms with Crippen LogP contribution in [0.3, 0.4) is 0 Å². The van der Waals surface area contributed by atoms with E-state index in [1.807, 2.05) is 0 Å². The fraction of sp³-hybridized carbons (Fsp3) is 0.727. The molecule has 0 bridgehead atoms. The Balaban J connectivity index is 3.63. The Bertz CT molecular complexity index is 138. The highest BCUT2D eigenvalue weighted by Gasteiger charge is 1.97. The number of carbonyl (C=O) groups excluding carboxylic acids is 1. The highest BCUT2D eigenvalue weighted by molar-refractivity contribution is 5.50. The predicted octanol–water partition coefficient (Wildman–Crippen LogP) is 3.20. The molecular formula is C11H20O. The zero-order valence-corrected chi connectivity index (χ0v) is 8.42. The van der Waals surface area contributed by atoms with Crippen LogP contribution < -0.4 is 0 Å². The van der Waals surface area contributed by atoms with E-state index in [9.17, 15) is 4.79 Å². The van der Waals surface area contributed by atoms with Crippen molar-refractivity contribution in [1.82, 2.24) is 0 Å². The molecule has 0 saturated heterocycles. The van der Waals surface area contributed by atoms with Crippen LogP contribution in [0.25, 0.3) is 0 Å². The third-order valence-electron chi connectivity index (χ3n) is 1.98. The fourth-order valence-corrected chi connectivity index (χ4v) is 1.16. The maximum atomic E-state index is 10.2. The lowest BCUT2D eigenvalue weighted by molar-refractivity contribution is -0.108. The normalized spacial score (nSPS) is 16.2. The van der Waals surface area contributed by atoms with Crippen LogP contribution in [0.1, 0.15) is 40.0 Å². The second kappa shape index (κ2) is 7.08. The maximum Gasteiger partial charge on any atom is 0.120 e. The Labute approximate surface area is 75.9 Å². The average Bonchev–Trinajstić information content (AvgIpc) is 2.02. The number of allylic oxidation sites excluding steroid dienone is 2. The molecule has 0 aromatic rings. The molecule has 1 nitrogen and oxygen atoms in total. The van der Waals surface area contributed by atoms with Gasteiger partial charge in [-0.3, -0.25) is 0 Å². The van der Waals surface area contributed by atoms with Crippen LogP contribution in [-0.2, 0) is 4.79 Å². The van der Waals surface area contributed by atoms with E-state index < -0.39 is 0 Å². The minimum atomic E-state index is 0.404. The molecule has 0 saturated carbocycles. The predicted molar refractivity (Wildman–Crippen MR) is 53.1 cm³/mol. The highest BCUT2D eigenvalue weighted by Crippen LogP contribution is 2.09. The molecule has 1 heteroatoms. The lowest BCUT2D eigenvalue weighted by atomic mass is 10.0. The van der Waals surface area contributed by atoms with Crippen molar-refractivity contribution in [2.75, 3.05) is 0 Å². The van der Waals surface area contributed by atoms with Gasteiger partial charge in [0, 0.05) is 6.42 Å². The number of carbonyl (C=O) groups is 1. The van der Waals surface area contributed by atoms with Crippen molar-refractivity contribution in [2.45, 2.75) is 40.0 Å². The molecular weight excluding hydrogens is 148 g/mol. The van der Waals surface area contributed by atoms with Gasteiger partial charge in [-0.25, -0.2) is 0 Å². The van der Waals surface area contributed by atoms with Gasteiger partial charge in [0.2, 0.25) is 0 Å². The first-order valence-electron chi connectivity index (χ1n) is 4.82. The Morgan fingerprint density at radius 2 is 1.75 bits per heavy atom.